The van der Waals surface area contributed by atoms with Crippen molar-refractivity contribution in [2.45, 2.75) is 39.7 Å². The number of fused-ring (bicyclic) bond motifs is 1. The maximum Gasteiger partial charge on any atom is 0.221 e. The number of aryl methyl sites for hydroxylation is 1. The Balaban J connectivity index is 1.75. The molecule has 3 heteroatoms. The first kappa shape index (κ1) is 14.3. The van der Waals surface area contributed by atoms with E-state index in [-0.39, 0.29) is 0 Å². The Morgan fingerprint density at radius 2 is 2.14 bits per heavy atom. The Morgan fingerprint density at radius 3 is 2.86 bits per heavy atom. The number of hydrogen-bond acceptors (Lipinski definition) is 3. The molecule has 1 heterocycles. The molecule has 2 aromatic rings. The van der Waals surface area contributed by atoms with Crippen molar-refractivity contribution in [3.63, 3.8) is 0 Å². The highest BCUT2D eigenvalue weighted by Gasteiger charge is 2.16. The third-order valence-electron chi connectivity index (χ3n) is 4.26. The number of rotatable bonds is 6. The smallest absolute Gasteiger partial charge is 0.221 e. The summed E-state index contributed by atoms with van der Waals surface area (Å²) in [5.41, 5.74) is 2.33. The Kier molecular flexibility index (Phi) is 4.39. The largest absolute Gasteiger partial charge is 0.478 e. The number of hydrogen-bond donors (Lipinski definition) is 1. The maximum absolute atomic E-state index is 5.65. The third kappa shape index (κ3) is 3.35. The monoisotopic (exact) mass is 284 g/mol. The van der Waals surface area contributed by atoms with Crippen LogP contribution in [0.5, 0.6) is 5.88 Å². The van der Waals surface area contributed by atoms with Gasteiger partial charge in [0.15, 0.2) is 0 Å². The minimum absolute atomic E-state index is 0.649. The molecule has 0 atom stereocenters. The van der Waals surface area contributed by atoms with E-state index < -0.39 is 0 Å². The summed E-state index contributed by atoms with van der Waals surface area (Å²) in [7, 11) is 0. The van der Waals surface area contributed by atoms with Gasteiger partial charge < -0.3 is 10.1 Å². The highest BCUT2D eigenvalue weighted by molar-refractivity contribution is 5.87. The van der Waals surface area contributed by atoms with Crippen molar-refractivity contribution in [3.05, 3.63) is 35.5 Å². The van der Waals surface area contributed by atoms with E-state index >= 15 is 0 Å². The molecule has 0 bridgehead atoms. The van der Waals surface area contributed by atoms with Crippen molar-refractivity contribution in [2.24, 2.45) is 5.92 Å². The van der Waals surface area contributed by atoms with E-state index in [0.717, 1.165) is 36.0 Å². The lowest BCUT2D eigenvalue weighted by Gasteiger charge is -2.25. The topological polar surface area (TPSA) is 34.1 Å². The number of nitrogens with one attached hydrogen (secondary N) is 1. The lowest BCUT2D eigenvalue weighted by atomic mass is 9.85. The van der Waals surface area contributed by atoms with Crippen molar-refractivity contribution < 1.29 is 4.74 Å². The lowest BCUT2D eigenvalue weighted by molar-refractivity contribution is 0.301. The predicted octanol–water partition coefficient (Wildman–Crippen LogP) is 3.83. The Labute approximate surface area is 126 Å². The van der Waals surface area contributed by atoms with Crippen LogP contribution in [0.2, 0.25) is 0 Å². The van der Waals surface area contributed by atoms with Crippen LogP contribution in [0, 0.1) is 12.8 Å². The molecular formula is C18H24N2O. The van der Waals surface area contributed by atoms with Crippen molar-refractivity contribution in [1.29, 1.82) is 0 Å². The number of pyridine rings is 1. The molecule has 1 aromatic heterocycles. The average Bonchev–Trinajstić information content (AvgIpc) is 2.41. The van der Waals surface area contributed by atoms with Gasteiger partial charge in [0.2, 0.25) is 5.88 Å². The summed E-state index contributed by atoms with van der Waals surface area (Å²) in [4.78, 5) is 4.49. The molecule has 0 radical (unpaired) electrons. The van der Waals surface area contributed by atoms with Gasteiger partial charge in [-0.25, -0.2) is 4.98 Å². The van der Waals surface area contributed by atoms with Crippen molar-refractivity contribution in [3.8, 4) is 5.88 Å². The lowest BCUT2D eigenvalue weighted by Crippen LogP contribution is -2.26. The Bertz CT molecular complexity index is 620. The number of ether oxygens (including phenoxy) is 1. The molecule has 3 nitrogen and oxygen atoms in total. The SMILES string of the molecule is CCOc1nc(C)cc2cc(CNCC3CCC3)ccc12. The van der Waals surface area contributed by atoms with Crippen LogP contribution in [-0.2, 0) is 6.54 Å². The molecule has 1 aliphatic rings. The molecule has 21 heavy (non-hydrogen) atoms. The molecule has 1 aliphatic carbocycles. The fraction of sp³-hybridized carbons (Fsp3) is 0.500. The molecule has 0 saturated heterocycles. The summed E-state index contributed by atoms with van der Waals surface area (Å²) in [6, 6.07) is 8.69. The zero-order valence-electron chi connectivity index (χ0n) is 13.0. The Hall–Kier alpha value is -1.61. The van der Waals surface area contributed by atoms with Gasteiger partial charge in [-0.15, -0.1) is 0 Å². The van der Waals surface area contributed by atoms with E-state index in [1.807, 2.05) is 13.8 Å². The van der Waals surface area contributed by atoms with E-state index in [9.17, 15) is 0 Å². The number of nitrogens with zero attached hydrogens (tertiary/aromatic N) is 1. The first-order chi connectivity index (χ1) is 10.3. The fourth-order valence-corrected chi connectivity index (χ4v) is 2.88. The van der Waals surface area contributed by atoms with Gasteiger partial charge in [-0.2, -0.15) is 0 Å². The minimum Gasteiger partial charge on any atom is -0.478 e. The molecular weight excluding hydrogens is 260 g/mol. The van der Waals surface area contributed by atoms with Crippen LogP contribution in [0.1, 0.15) is 37.4 Å². The van der Waals surface area contributed by atoms with Gasteiger partial charge in [0, 0.05) is 17.6 Å². The predicted molar refractivity (Wildman–Crippen MR) is 86.7 cm³/mol. The van der Waals surface area contributed by atoms with Gasteiger partial charge in [0.25, 0.3) is 0 Å². The quantitative estimate of drug-likeness (QED) is 0.875. The molecule has 1 N–H and O–H groups in total. The van der Waals surface area contributed by atoms with Crippen molar-refractivity contribution in [2.75, 3.05) is 13.2 Å². The molecule has 112 valence electrons. The minimum atomic E-state index is 0.649. The summed E-state index contributed by atoms with van der Waals surface area (Å²) in [5, 5.41) is 5.89. The van der Waals surface area contributed by atoms with Crippen LogP contribution >= 0.6 is 0 Å². The molecule has 1 aromatic carbocycles. The van der Waals surface area contributed by atoms with E-state index in [1.165, 1.54) is 30.2 Å². The summed E-state index contributed by atoms with van der Waals surface area (Å²) in [6.45, 7) is 6.75. The van der Waals surface area contributed by atoms with Crippen LogP contribution in [0.3, 0.4) is 0 Å². The highest BCUT2D eigenvalue weighted by Crippen LogP contribution is 2.27. The Morgan fingerprint density at radius 1 is 1.29 bits per heavy atom. The second-order valence-corrected chi connectivity index (χ2v) is 5.99. The van der Waals surface area contributed by atoms with Crippen molar-refractivity contribution in [1.82, 2.24) is 10.3 Å². The normalized spacial score (nSPS) is 15.1. The van der Waals surface area contributed by atoms with Crippen LogP contribution in [0.15, 0.2) is 24.3 Å². The van der Waals surface area contributed by atoms with Gasteiger partial charge in [0.1, 0.15) is 0 Å². The average molecular weight is 284 g/mol. The molecule has 1 saturated carbocycles. The summed E-state index contributed by atoms with van der Waals surface area (Å²) in [6.07, 6.45) is 4.20. The maximum atomic E-state index is 5.65. The van der Waals surface area contributed by atoms with Gasteiger partial charge in [-0.05, 0) is 68.3 Å². The fourth-order valence-electron chi connectivity index (χ4n) is 2.88. The molecule has 0 unspecified atom stereocenters. The zero-order valence-corrected chi connectivity index (χ0v) is 13.0. The van der Waals surface area contributed by atoms with E-state index in [2.05, 4.69) is 34.6 Å². The molecule has 3 rings (SSSR count). The van der Waals surface area contributed by atoms with Crippen molar-refractivity contribution >= 4 is 10.8 Å². The standard InChI is InChI=1S/C18H24N2O/c1-3-21-18-17-8-7-15(10-16(17)9-13(2)20-18)12-19-11-14-5-4-6-14/h7-10,14,19H,3-6,11-12H2,1-2H3. The first-order valence-electron chi connectivity index (χ1n) is 8.00. The first-order valence-corrected chi connectivity index (χ1v) is 8.00. The van der Waals surface area contributed by atoms with Gasteiger partial charge in [-0.3, -0.25) is 0 Å². The van der Waals surface area contributed by atoms with E-state index in [4.69, 9.17) is 4.74 Å². The van der Waals surface area contributed by atoms with E-state index in [1.54, 1.807) is 0 Å². The third-order valence-corrected chi connectivity index (χ3v) is 4.26. The second kappa shape index (κ2) is 6.44. The van der Waals surface area contributed by atoms with E-state index in [0.29, 0.717) is 6.61 Å². The zero-order chi connectivity index (χ0) is 14.7. The summed E-state index contributed by atoms with van der Waals surface area (Å²) in [5.74, 6) is 1.66. The van der Waals surface area contributed by atoms with Gasteiger partial charge in [-0.1, -0.05) is 12.5 Å². The molecule has 1 fully saturated rings. The number of benzene rings is 1. The molecule has 0 amide bonds. The summed E-state index contributed by atoms with van der Waals surface area (Å²) < 4.78 is 5.65. The van der Waals surface area contributed by atoms with Crippen LogP contribution in [0.25, 0.3) is 10.8 Å². The highest BCUT2D eigenvalue weighted by atomic mass is 16.5. The van der Waals surface area contributed by atoms with Crippen LogP contribution in [-0.4, -0.2) is 18.1 Å². The number of aromatic nitrogens is 1. The second-order valence-electron chi connectivity index (χ2n) is 5.99. The van der Waals surface area contributed by atoms with Crippen LogP contribution < -0.4 is 10.1 Å². The summed E-state index contributed by atoms with van der Waals surface area (Å²) >= 11 is 0. The van der Waals surface area contributed by atoms with Gasteiger partial charge in [0.05, 0.1) is 6.61 Å². The van der Waals surface area contributed by atoms with Crippen LogP contribution in [0.4, 0.5) is 0 Å². The van der Waals surface area contributed by atoms with Gasteiger partial charge >= 0.3 is 0 Å². The molecule has 0 aliphatic heterocycles. The molecule has 0 spiro atoms.